The van der Waals surface area contributed by atoms with Gasteiger partial charge in [0.1, 0.15) is 0 Å². The van der Waals surface area contributed by atoms with Crippen molar-refractivity contribution in [2.45, 2.75) is 71.1 Å². The first-order chi connectivity index (χ1) is 10.4. The number of piperazine rings is 1. The van der Waals surface area contributed by atoms with Gasteiger partial charge in [0.05, 0.1) is 6.54 Å². The molecular weight excluding hydrogens is 260 g/mol. The third kappa shape index (κ3) is 10.0. The highest BCUT2D eigenvalue weighted by Gasteiger charge is 2.15. The van der Waals surface area contributed by atoms with Crippen molar-refractivity contribution in [1.29, 1.82) is 0 Å². The topological polar surface area (TPSA) is 23.6 Å². The fraction of sp³-hybridized carbons (Fsp3) is 0.944. The molecule has 1 saturated heterocycles. The maximum Gasteiger partial charge on any atom is 0.213 e. The Hall–Kier alpha value is -0.410. The summed E-state index contributed by atoms with van der Waals surface area (Å²) in [5, 5.41) is 0. The maximum atomic E-state index is 10.3. The molecule has 21 heavy (non-hydrogen) atoms. The summed E-state index contributed by atoms with van der Waals surface area (Å²) in [6, 6.07) is 0. The standard InChI is InChI=1S/C18H35N2O/c1-2-3-4-5-6-7-8-9-10-11-12-19-13-15-20(16-14-19)17-18-21/h2-17H2,1H3. The average molecular weight is 295 g/mol. The molecule has 1 aliphatic rings. The molecule has 1 heterocycles. The van der Waals surface area contributed by atoms with Gasteiger partial charge in [-0.15, -0.1) is 0 Å². The predicted octanol–water partition coefficient (Wildman–Crippen LogP) is 3.63. The minimum atomic E-state index is 0.492. The zero-order valence-corrected chi connectivity index (χ0v) is 14.1. The van der Waals surface area contributed by atoms with E-state index in [0.29, 0.717) is 6.54 Å². The van der Waals surface area contributed by atoms with Crippen molar-refractivity contribution >= 4 is 6.29 Å². The molecule has 1 rings (SSSR count). The van der Waals surface area contributed by atoms with E-state index in [-0.39, 0.29) is 0 Å². The molecule has 1 aliphatic heterocycles. The molecule has 0 aromatic carbocycles. The van der Waals surface area contributed by atoms with Crippen LogP contribution in [0.1, 0.15) is 71.1 Å². The molecule has 0 saturated carbocycles. The van der Waals surface area contributed by atoms with Crippen LogP contribution in [0.3, 0.4) is 0 Å². The van der Waals surface area contributed by atoms with Crippen LogP contribution in [0.4, 0.5) is 0 Å². The van der Waals surface area contributed by atoms with Crippen LogP contribution in [0.5, 0.6) is 0 Å². The Morgan fingerprint density at radius 2 is 1.19 bits per heavy atom. The fourth-order valence-corrected chi connectivity index (χ4v) is 3.09. The second-order valence-electron chi connectivity index (χ2n) is 6.44. The van der Waals surface area contributed by atoms with Gasteiger partial charge in [-0.25, -0.2) is 0 Å². The summed E-state index contributed by atoms with van der Waals surface area (Å²) in [5.41, 5.74) is 0. The minimum absolute atomic E-state index is 0.492. The lowest BCUT2D eigenvalue weighted by molar-refractivity contribution is 0.143. The molecular formula is C18H35N2O. The van der Waals surface area contributed by atoms with Gasteiger partial charge in [-0.2, -0.15) is 0 Å². The van der Waals surface area contributed by atoms with Gasteiger partial charge < -0.3 is 4.90 Å². The van der Waals surface area contributed by atoms with E-state index in [4.69, 9.17) is 0 Å². The van der Waals surface area contributed by atoms with Crippen LogP contribution >= 0.6 is 0 Å². The molecule has 1 fully saturated rings. The summed E-state index contributed by atoms with van der Waals surface area (Å²) in [6.45, 7) is 8.33. The Balaban J connectivity index is 1.81. The Kier molecular flexibility index (Phi) is 11.8. The average Bonchev–Trinajstić information content (AvgIpc) is 2.51. The fourth-order valence-electron chi connectivity index (χ4n) is 3.09. The molecule has 0 aromatic rings. The van der Waals surface area contributed by atoms with Gasteiger partial charge >= 0.3 is 0 Å². The number of carbonyl (C=O) groups excluding carboxylic acids is 1. The molecule has 0 atom stereocenters. The summed E-state index contributed by atoms with van der Waals surface area (Å²) >= 11 is 0. The second-order valence-corrected chi connectivity index (χ2v) is 6.44. The summed E-state index contributed by atoms with van der Waals surface area (Å²) in [5.74, 6) is 0. The molecule has 0 N–H and O–H groups in total. The lowest BCUT2D eigenvalue weighted by Gasteiger charge is -2.33. The summed E-state index contributed by atoms with van der Waals surface area (Å²) in [6.07, 6.45) is 16.1. The van der Waals surface area contributed by atoms with Crippen molar-refractivity contribution in [2.75, 3.05) is 39.3 Å². The van der Waals surface area contributed by atoms with Gasteiger partial charge in [0.15, 0.2) is 0 Å². The van der Waals surface area contributed by atoms with Crippen molar-refractivity contribution in [2.24, 2.45) is 0 Å². The van der Waals surface area contributed by atoms with E-state index in [1.54, 1.807) is 0 Å². The highest BCUT2D eigenvalue weighted by atomic mass is 16.1. The van der Waals surface area contributed by atoms with Crippen LogP contribution < -0.4 is 0 Å². The van der Waals surface area contributed by atoms with Crippen molar-refractivity contribution in [1.82, 2.24) is 9.80 Å². The van der Waals surface area contributed by atoms with Crippen molar-refractivity contribution in [3.8, 4) is 0 Å². The van der Waals surface area contributed by atoms with Gasteiger partial charge in [0.25, 0.3) is 0 Å². The number of rotatable bonds is 13. The van der Waals surface area contributed by atoms with Crippen LogP contribution in [0.2, 0.25) is 0 Å². The van der Waals surface area contributed by atoms with E-state index in [0.717, 1.165) is 26.2 Å². The smallest absolute Gasteiger partial charge is 0.213 e. The van der Waals surface area contributed by atoms with Crippen LogP contribution in [0, 0.1) is 0 Å². The Bertz CT molecular complexity index is 237. The SMILES string of the molecule is CCCCCCCCCCCCN1CCN(C[C]=O)CC1. The molecule has 3 nitrogen and oxygen atoms in total. The minimum Gasteiger partial charge on any atom is -0.301 e. The maximum absolute atomic E-state index is 10.3. The molecule has 123 valence electrons. The Morgan fingerprint density at radius 1 is 0.714 bits per heavy atom. The molecule has 1 radical (unpaired) electrons. The lowest BCUT2D eigenvalue weighted by atomic mass is 10.1. The van der Waals surface area contributed by atoms with Crippen LogP contribution in [0.15, 0.2) is 0 Å². The van der Waals surface area contributed by atoms with E-state index in [1.165, 1.54) is 70.8 Å². The number of unbranched alkanes of at least 4 members (excludes halogenated alkanes) is 9. The number of nitrogens with zero attached hydrogens (tertiary/aromatic N) is 2. The zero-order chi connectivity index (χ0) is 15.2. The first-order valence-corrected chi connectivity index (χ1v) is 9.16. The van der Waals surface area contributed by atoms with Gasteiger partial charge in [-0.1, -0.05) is 64.7 Å². The summed E-state index contributed by atoms with van der Waals surface area (Å²) in [4.78, 5) is 15.1. The van der Waals surface area contributed by atoms with Crippen molar-refractivity contribution in [3.63, 3.8) is 0 Å². The predicted molar refractivity (Wildman–Crippen MR) is 90.4 cm³/mol. The van der Waals surface area contributed by atoms with Crippen LogP contribution in [0.25, 0.3) is 0 Å². The molecule has 0 unspecified atom stereocenters. The third-order valence-electron chi connectivity index (χ3n) is 4.58. The molecule has 0 spiro atoms. The zero-order valence-electron chi connectivity index (χ0n) is 14.1. The summed E-state index contributed by atoms with van der Waals surface area (Å²) in [7, 11) is 0. The Labute approximate surface area is 132 Å². The highest BCUT2D eigenvalue weighted by molar-refractivity contribution is 5.53. The van der Waals surface area contributed by atoms with E-state index in [2.05, 4.69) is 16.7 Å². The normalized spacial score (nSPS) is 17.2. The molecule has 0 amide bonds. The molecule has 3 heteroatoms. The molecule has 0 aromatic heterocycles. The second kappa shape index (κ2) is 13.3. The molecule has 0 aliphatic carbocycles. The monoisotopic (exact) mass is 295 g/mol. The van der Waals surface area contributed by atoms with Crippen molar-refractivity contribution in [3.05, 3.63) is 0 Å². The van der Waals surface area contributed by atoms with Gasteiger partial charge in [-0.05, 0) is 13.0 Å². The van der Waals surface area contributed by atoms with Crippen LogP contribution in [-0.2, 0) is 4.79 Å². The third-order valence-corrected chi connectivity index (χ3v) is 4.58. The first kappa shape index (κ1) is 18.6. The Morgan fingerprint density at radius 3 is 1.71 bits per heavy atom. The number of hydrogen-bond donors (Lipinski definition) is 0. The van der Waals surface area contributed by atoms with Gasteiger partial charge in [0.2, 0.25) is 6.29 Å². The summed E-state index contributed by atoms with van der Waals surface area (Å²) < 4.78 is 0. The highest BCUT2D eigenvalue weighted by Crippen LogP contribution is 2.11. The van der Waals surface area contributed by atoms with Crippen LogP contribution in [-0.4, -0.2) is 55.4 Å². The van der Waals surface area contributed by atoms with Gasteiger partial charge in [0, 0.05) is 26.2 Å². The first-order valence-electron chi connectivity index (χ1n) is 9.16. The van der Waals surface area contributed by atoms with Crippen molar-refractivity contribution < 1.29 is 4.79 Å². The molecule has 0 bridgehead atoms. The van der Waals surface area contributed by atoms with E-state index in [9.17, 15) is 4.79 Å². The largest absolute Gasteiger partial charge is 0.301 e. The van der Waals surface area contributed by atoms with E-state index >= 15 is 0 Å². The van der Waals surface area contributed by atoms with Gasteiger partial charge in [-0.3, -0.25) is 9.69 Å². The quantitative estimate of drug-likeness (QED) is 0.485. The number of hydrogen-bond acceptors (Lipinski definition) is 3. The van der Waals surface area contributed by atoms with E-state index in [1.807, 2.05) is 6.29 Å². The van der Waals surface area contributed by atoms with E-state index < -0.39 is 0 Å². The lowest BCUT2D eigenvalue weighted by Crippen LogP contribution is -2.46.